The third-order valence-electron chi connectivity index (χ3n) is 3.46. The molecule has 0 aromatic rings. The van der Waals surface area contributed by atoms with Gasteiger partial charge in [0.05, 0.1) is 6.61 Å². The Balaban J connectivity index is 2.35. The molecule has 1 aliphatic heterocycles. The first kappa shape index (κ1) is 18.2. The van der Waals surface area contributed by atoms with E-state index in [1.54, 1.807) is 12.0 Å². The fourth-order valence-corrected chi connectivity index (χ4v) is 2.46. The zero-order chi connectivity index (χ0) is 15.9. The molecule has 0 aliphatic carbocycles. The van der Waals surface area contributed by atoms with Gasteiger partial charge >= 0.3 is 6.09 Å². The highest BCUT2D eigenvalue weighted by atomic mass is 16.6. The van der Waals surface area contributed by atoms with Gasteiger partial charge in [0, 0.05) is 38.9 Å². The van der Waals surface area contributed by atoms with E-state index in [2.05, 4.69) is 5.32 Å². The Bertz CT molecular complexity index is 303. The molecule has 1 fully saturated rings. The molecule has 0 aromatic heterocycles. The lowest BCUT2D eigenvalue weighted by Gasteiger charge is -2.35. The first-order valence-electron chi connectivity index (χ1n) is 7.69. The summed E-state index contributed by atoms with van der Waals surface area (Å²) < 4.78 is 10.5. The first-order chi connectivity index (χ1) is 9.85. The summed E-state index contributed by atoms with van der Waals surface area (Å²) in [5.74, 6) is 0. The van der Waals surface area contributed by atoms with Crippen molar-refractivity contribution < 1.29 is 19.4 Å². The lowest BCUT2D eigenvalue weighted by atomic mass is 10.0. The van der Waals surface area contributed by atoms with E-state index in [0.717, 1.165) is 12.8 Å². The summed E-state index contributed by atoms with van der Waals surface area (Å²) in [4.78, 5) is 13.7. The zero-order valence-electron chi connectivity index (χ0n) is 13.7. The Kier molecular flexibility index (Phi) is 7.42. The van der Waals surface area contributed by atoms with Crippen LogP contribution < -0.4 is 5.32 Å². The molecule has 0 bridgehead atoms. The molecule has 124 valence electrons. The molecule has 6 nitrogen and oxygen atoms in total. The van der Waals surface area contributed by atoms with Crippen molar-refractivity contribution in [3.8, 4) is 0 Å². The quantitative estimate of drug-likeness (QED) is 0.775. The van der Waals surface area contributed by atoms with Gasteiger partial charge in [-0.25, -0.2) is 4.79 Å². The molecule has 1 unspecified atom stereocenters. The van der Waals surface area contributed by atoms with Crippen molar-refractivity contribution in [2.45, 2.75) is 57.7 Å². The van der Waals surface area contributed by atoms with E-state index in [9.17, 15) is 4.79 Å². The van der Waals surface area contributed by atoms with Gasteiger partial charge in [0.25, 0.3) is 0 Å². The molecule has 0 saturated carbocycles. The molecule has 1 saturated heterocycles. The number of likely N-dealkylation sites (tertiary alicyclic amines) is 1. The van der Waals surface area contributed by atoms with Crippen LogP contribution in [0.25, 0.3) is 0 Å². The molecule has 0 aromatic carbocycles. The van der Waals surface area contributed by atoms with E-state index >= 15 is 0 Å². The molecule has 1 aliphatic rings. The summed E-state index contributed by atoms with van der Waals surface area (Å²) >= 11 is 0. The van der Waals surface area contributed by atoms with Crippen LogP contribution in [-0.4, -0.2) is 67.2 Å². The van der Waals surface area contributed by atoms with Gasteiger partial charge in [-0.3, -0.25) is 0 Å². The Morgan fingerprint density at radius 2 is 2.00 bits per heavy atom. The van der Waals surface area contributed by atoms with Crippen LogP contribution in [0.3, 0.4) is 0 Å². The van der Waals surface area contributed by atoms with E-state index in [4.69, 9.17) is 14.6 Å². The lowest BCUT2D eigenvalue weighted by Crippen LogP contribution is -2.49. The highest BCUT2D eigenvalue weighted by Gasteiger charge is 2.27. The Morgan fingerprint density at radius 3 is 2.48 bits per heavy atom. The summed E-state index contributed by atoms with van der Waals surface area (Å²) in [5, 5.41) is 12.6. The second kappa shape index (κ2) is 8.56. The first-order valence-corrected chi connectivity index (χ1v) is 7.69. The molecule has 6 heteroatoms. The van der Waals surface area contributed by atoms with E-state index in [0.29, 0.717) is 32.2 Å². The molecule has 1 rings (SSSR count). The smallest absolute Gasteiger partial charge is 0.410 e. The molecular weight excluding hydrogens is 272 g/mol. The monoisotopic (exact) mass is 302 g/mol. The fraction of sp³-hybridized carbons (Fsp3) is 0.933. The standard InChI is InChI=1S/C15H30N2O4/c1-15(2,3)21-14(19)17-8-5-12(6-9-17)16-13(7-10-18)11-20-4/h12-13,16,18H,5-11H2,1-4H3. The predicted molar refractivity (Wildman–Crippen MR) is 81.3 cm³/mol. The fourth-order valence-electron chi connectivity index (χ4n) is 2.46. The van der Waals surface area contributed by atoms with Crippen molar-refractivity contribution in [1.29, 1.82) is 0 Å². The molecule has 2 N–H and O–H groups in total. The van der Waals surface area contributed by atoms with Crippen molar-refractivity contribution in [3.05, 3.63) is 0 Å². The number of piperidine rings is 1. The summed E-state index contributed by atoms with van der Waals surface area (Å²) in [7, 11) is 1.66. The van der Waals surface area contributed by atoms with Crippen LogP contribution in [0, 0.1) is 0 Å². The van der Waals surface area contributed by atoms with Crippen LogP contribution >= 0.6 is 0 Å². The van der Waals surface area contributed by atoms with Crippen molar-refractivity contribution in [1.82, 2.24) is 10.2 Å². The van der Waals surface area contributed by atoms with E-state index in [1.165, 1.54) is 0 Å². The van der Waals surface area contributed by atoms with Crippen LogP contribution in [0.2, 0.25) is 0 Å². The minimum absolute atomic E-state index is 0.151. The van der Waals surface area contributed by atoms with Crippen molar-refractivity contribution in [2.75, 3.05) is 33.4 Å². The SMILES string of the molecule is COCC(CCO)NC1CCN(C(=O)OC(C)(C)C)CC1. The molecular formula is C15H30N2O4. The molecule has 1 amide bonds. The van der Waals surface area contributed by atoms with Crippen LogP contribution in [0.4, 0.5) is 4.79 Å². The van der Waals surface area contributed by atoms with Crippen molar-refractivity contribution >= 4 is 6.09 Å². The average molecular weight is 302 g/mol. The topological polar surface area (TPSA) is 71.0 Å². The highest BCUT2D eigenvalue weighted by molar-refractivity contribution is 5.68. The summed E-state index contributed by atoms with van der Waals surface area (Å²) in [6, 6.07) is 0.522. The van der Waals surface area contributed by atoms with Crippen LogP contribution in [0.1, 0.15) is 40.0 Å². The predicted octanol–water partition coefficient (Wildman–Crippen LogP) is 1.37. The number of methoxy groups -OCH3 is 1. The maximum atomic E-state index is 12.0. The van der Waals surface area contributed by atoms with Gasteiger partial charge in [-0.1, -0.05) is 0 Å². The normalized spacial score (nSPS) is 18.6. The average Bonchev–Trinajstić information content (AvgIpc) is 2.38. The number of hydrogen-bond acceptors (Lipinski definition) is 5. The number of nitrogens with one attached hydrogen (secondary N) is 1. The number of rotatable bonds is 6. The molecule has 1 heterocycles. The van der Waals surface area contributed by atoms with Gasteiger partial charge in [0.1, 0.15) is 5.60 Å². The van der Waals surface area contributed by atoms with Crippen molar-refractivity contribution in [3.63, 3.8) is 0 Å². The van der Waals surface area contributed by atoms with Gasteiger partial charge in [0.15, 0.2) is 0 Å². The molecule has 0 radical (unpaired) electrons. The number of carbonyl (C=O) groups is 1. The van der Waals surface area contributed by atoms with Gasteiger partial charge < -0.3 is 24.8 Å². The van der Waals surface area contributed by atoms with Crippen LogP contribution in [0.5, 0.6) is 0 Å². The van der Waals surface area contributed by atoms with Crippen LogP contribution in [0.15, 0.2) is 0 Å². The summed E-state index contributed by atoms with van der Waals surface area (Å²) in [5.41, 5.74) is -0.448. The van der Waals surface area contributed by atoms with Gasteiger partial charge in [-0.2, -0.15) is 0 Å². The van der Waals surface area contributed by atoms with Gasteiger partial charge in [0.2, 0.25) is 0 Å². The maximum absolute atomic E-state index is 12.0. The second-order valence-electron chi connectivity index (χ2n) is 6.57. The Hall–Kier alpha value is -0.850. The van der Waals surface area contributed by atoms with E-state index in [1.807, 2.05) is 20.8 Å². The number of nitrogens with zero attached hydrogens (tertiary/aromatic N) is 1. The van der Waals surface area contributed by atoms with Gasteiger partial charge in [-0.15, -0.1) is 0 Å². The van der Waals surface area contributed by atoms with Crippen molar-refractivity contribution in [2.24, 2.45) is 0 Å². The minimum atomic E-state index is -0.448. The number of ether oxygens (including phenoxy) is 2. The van der Waals surface area contributed by atoms with E-state index < -0.39 is 5.60 Å². The third kappa shape index (κ3) is 7.11. The van der Waals surface area contributed by atoms with E-state index in [-0.39, 0.29) is 18.7 Å². The maximum Gasteiger partial charge on any atom is 0.410 e. The second-order valence-corrected chi connectivity index (χ2v) is 6.57. The zero-order valence-corrected chi connectivity index (χ0v) is 13.7. The lowest BCUT2D eigenvalue weighted by molar-refractivity contribution is 0.0191. The largest absolute Gasteiger partial charge is 0.444 e. The molecule has 21 heavy (non-hydrogen) atoms. The molecule has 0 spiro atoms. The number of amides is 1. The summed E-state index contributed by atoms with van der Waals surface area (Å²) in [6.07, 6.45) is 2.24. The molecule has 1 atom stereocenters. The Labute approximate surface area is 127 Å². The third-order valence-corrected chi connectivity index (χ3v) is 3.46. The number of aliphatic hydroxyl groups excluding tert-OH is 1. The van der Waals surface area contributed by atoms with Gasteiger partial charge in [-0.05, 0) is 40.0 Å². The number of carbonyl (C=O) groups excluding carboxylic acids is 1. The number of hydrogen-bond donors (Lipinski definition) is 2. The summed E-state index contributed by atoms with van der Waals surface area (Å²) in [6.45, 7) is 7.78. The van der Waals surface area contributed by atoms with Crippen LogP contribution in [-0.2, 0) is 9.47 Å². The number of aliphatic hydroxyl groups is 1. The highest BCUT2D eigenvalue weighted by Crippen LogP contribution is 2.16. The minimum Gasteiger partial charge on any atom is -0.444 e. The Morgan fingerprint density at radius 1 is 1.38 bits per heavy atom.